The van der Waals surface area contributed by atoms with E-state index in [-0.39, 0.29) is 12.5 Å². The number of carbonyl (C=O) groups is 1. The van der Waals surface area contributed by atoms with Crippen LogP contribution >= 0.6 is 0 Å². The van der Waals surface area contributed by atoms with Crippen LogP contribution in [0.1, 0.15) is 32.3 Å². The Kier molecular flexibility index (Phi) is 8.63. The maximum absolute atomic E-state index is 11.8. The number of nitrogens with zero attached hydrogens (tertiary/aromatic N) is 1. The molecule has 2 aromatic rings. The lowest BCUT2D eigenvalue weighted by atomic mass is 10.2. The second kappa shape index (κ2) is 11.5. The number of nitrogens with one attached hydrogen (secondary N) is 1. The number of rotatable bonds is 10. The van der Waals surface area contributed by atoms with Gasteiger partial charge in [0.25, 0.3) is 5.91 Å². The molecule has 2 rings (SSSR count). The zero-order valence-corrected chi connectivity index (χ0v) is 15.9. The van der Waals surface area contributed by atoms with Gasteiger partial charge in [0.15, 0.2) is 6.61 Å². The number of carbonyl (C=O) groups excluding carboxylic acids is 1. The fraction of sp³-hybridized carbons (Fsp3) is 0.273. The van der Waals surface area contributed by atoms with E-state index in [4.69, 9.17) is 9.47 Å². The molecule has 0 unspecified atom stereocenters. The van der Waals surface area contributed by atoms with Gasteiger partial charge in [0.05, 0.1) is 12.3 Å². The SMILES string of the molecule is CCCCOc1ccc(OCC(=O)N/N=C(C)\C=C\c2ccccc2)cc1. The summed E-state index contributed by atoms with van der Waals surface area (Å²) < 4.78 is 11.0. The molecule has 0 saturated carbocycles. The van der Waals surface area contributed by atoms with Crippen molar-refractivity contribution in [2.75, 3.05) is 13.2 Å². The Morgan fingerprint density at radius 3 is 2.37 bits per heavy atom. The van der Waals surface area contributed by atoms with Crippen LogP contribution in [0.3, 0.4) is 0 Å². The van der Waals surface area contributed by atoms with Crippen molar-refractivity contribution in [1.82, 2.24) is 5.43 Å². The summed E-state index contributed by atoms with van der Waals surface area (Å²) in [6.07, 6.45) is 5.90. The topological polar surface area (TPSA) is 59.9 Å². The second-order valence-corrected chi connectivity index (χ2v) is 5.99. The molecule has 0 heterocycles. The van der Waals surface area contributed by atoms with Gasteiger partial charge in [-0.25, -0.2) is 5.43 Å². The minimum absolute atomic E-state index is 0.102. The summed E-state index contributed by atoms with van der Waals surface area (Å²) in [4.78, 5) is 11.8. The lowest BCUT2D eigenvalue weighted by molar-refractivity contribution is -0.123. The van der Waals surface area contributed by atoms with E-state index in [1.54, 1.807) is 12.1 Å². The number of unbranched alkanes of at least 4 members (excludes halogenated alkanes) is 1. The Morgan fingerprint density at radius 1 is 1.04 bits per heavy atom. The maximum atomic E-state index is 11.8. The molecule has 0 aliphatic rings. The summed E-state index contributed by atoms with van der Waals surface area (Å²) in [5, 5.41) is 4.04. The van der Waals surface area contributed by atoms with Gasteiger partial charge in [-0.1, -0.05) is 49.8 Å². The summed E-state index contributed by atoms with van der Waals surface area (Å²) in [6.45, 7) is 4.54. The highest BCUT2D eigenvalue weighted by molar-refractivity contribution is 5.97. The third kappa shape index (κ3) is 8.23. The molecule has 0 aliphatic carbocycles. The Morgan fingerprint density at radius 2 is 1.70 bits per heavy atom. The fourth-order valence-electron chi connectivity index (χ4n) is 2.12. The van der Waals surface area contributed by atoms with E-state index in [1.165, 1.54) is 0 Å². The van der Waals surface area contributed by atoms with Gasteiger partial charge >= 0.3 is 0 Å². The molecule has 1 amide bonds. The van der Waals surface area contributed by atoms with Gasteiger partial charge in [-0.05, 0) is 49.2 Å². The maximum Gasteiger partial charge on any atom is 0.277 e. The molecule has 0 bridgehead atoms. The molecule has 1 N–H and O–H groups in total. The van der Waals surface area contributed by atoms with E-state index < -0.39 is 0 Å². The van der Waals surface area contributed by atoms with Crippen LogP contribution in [0.25, 0.3) is 6.08 Å². The van der Waals surface area contributed by atoms with Crippen molar-refractivity contribution in [3.05, 3.63) is 66.2 Å². The molecule has 0 radical (unpaired) electrons. The first-order valence-electron chi connectivity index (χ1n) is 9.09. The summed E-state index contributed by atoms with van der Waals surface area (Å²) >= 11 is 0. The third-order valence-electron chi connectivity index (χ3n) is 3.63. The Balaban J connectivity index is 1.73. The van der Waals surface area contributed by atoms with Crippen LogP contribution in [-0.2, 0) is 4.79 Å². The van der Waals surface area contributed by atoms with Gasteiger partial charge in [-0.15, -0.1) is 0 Å². The van der Waals surface area contributed by atoms with E-state index in [0.717, 1.165) is 24.2 Å². The number of hydrogen-bond donors (Lipinski definition) is 1. The molecule has 2 aromatic carbocycles. The average molecular weight is 366 g/mol. The normalized spacial score (nSPS) is 11.4. The summed E-state index contributed by atoms with van der Waals surface area (Å²) in [5.74, 6) is 1.09. The van der Waals surface area contributed by atoms with Crippen LogP contribution in [0.15, 0.2) is 65.8 Å². The number of amides is 1. The molecule has 0 fully saturated rings. The molecule has 0 atom stereocenters. The highest BCUT2D eigenvalue weighted by Gasteiger charge is 2.02. The average Bonchev–Trinajstić information content (AvgIpc) is 2.71. The predicted octanol–water partition coefficient (Wildman–Crippen LogP) is 4.45. The minimum atomic E-state index is -0.314. The molecule has 5 heteroatoms. The molecule has 142 valence electrons. The third-order valence-corrected chi connectivity index (χ3v) is 3.63. The van der Waals surface area contributed by atoms with Crippen LogP contribution < -0.4 is 14.9 Å². The van der Waals surface area contributed by atoms with E-state index in [0.29, 0.717) is 18.1 Å². The van der Waals surface area contributed by atoms with Crippen molar-refractivity contribution in [2.45, 2.75) is 26.7 Å². The van der Waals surface area contributed by atoms with Crippen LogP contribution in [0.2, 0.25) is 0 Å². The largest absolute Gasteiger partial charge is 0.494 e. The summed E-state index contributed by atoms with van der Waals surface area (Å²) in [7, 11) is 0. The van der Waals surface area contributed by atoms with Crippen molar-refractivity contribution in [3.8, 4) is 11.5 Å². The molecular weight excluding hydrogens is 340 g/mol. The van der Waals surface area contributed by atoms with Crippen LogP contribution in [0.5, 0.6) is 11.5 Å². The molecule has 0 aromatic heterocycles. The highest BCUT2D eigenvalue weighted by Crippen LogP contribution is 2.17. The first kappa shape index (κ1) is 20.2. The van der Waals surface area contributed by atoms with Gasteiger partial charge in [0.2, 0.25) is 0 Å². The molecule has 5 nitrogen and oxygen atoms in total. The van der Waals surface area contributed by atoms with Crippen molar-refractivity contribution in [2.24, 2.45) is 5.10 Å². The zero-order valence-electron chi connectivity index (χ0n) is 15.9. The fourth-order valence-corrected chi connectivity index (χ4v) is 2.12. The van der Waals surface area contributed by atoms with Gasteiger partial charge in [-0.3, -0.25) is 4.79 Å². The van der Waals surface area contributed by atoms with Gasteiger partial charge in [0, 0.05) is 0 Å². The van der Waals surface area contributed by atoms with E-state index in [9.17, 15) is 4.79 Å². The summed E-state index contributed by atoms with van der Waals surface area (Å²) in [6, 6.07) is 17.1. The number of hydrazone groups is 1. The van der Waals surface area contributed by atoms with Crippen molar-refractivity contribution in [1.29, 1.82) is 0 Å². The van der Waals surface area contributed by atoms with Crippen molar-refractivity contribution >= 4 is 17.7 Å². The monoisotopic (exact) mass is 366 g/mol. The highest BCUT2D eigenvalue weighted by atomic mass is 16.5. The zero-order chi connectivity index (χ0) is 19.3. The Hall–Kier alpha value is -3.08. The van der Waals surface area contributed by atoms with Crippen molar-refractivity contribution in [3.63, 3.8) is 0 Å². The van der Waals surface area contributed by atoms with E-state index in [1.807, 2.05) is 61.5 Å². The van der Waals surface area contributed by atoms with E-state index in [2.05, 4.69) is 17.5 Å². The second-order valence-electron chi connectivity index (χ2n) is 5.99. The number of allylic oxidation sites excluding steroid dienone is 1. The summed E-state index contributed by atoms with van der Waals surface area (Å²) in [5.41, 5.74) is 4.25. The number of ether oxygens (including phenoxy) is 2. The Labute approximate surface area is 160 Å². The minimum Gasteiger partial charge on any atom is -0.494 e. The quantitative estimate of drug-likeness (QED) is 0.384. The first-order chi connectivity index (χ1) is 13.2. The standard InChI is InChI=1S/C22H26N2O3/c1-3-4-16-26-20-12-14-21(15-13-20)27-17-22(25)24-23-18(2)10-11-19-8-6-5-7-9-19/h5-15H,3-4,16-17H2,1-2H3,(H,24,25)/b11-10+,23-18-. The van der Waals surface area contributed by atoms with E-state index >= 15 is 0 Å². The number of hydrogen-bond acceptors (Lipinski definition) is 4. The van der Waals surface area contributed by atoms with Gasteiger partial charge < -0.3 is 9.47 Å². The van der Waals surface area contributed by atoms with Gasteiger partial charge in [0.1, 0.15) is 11.5 Å². The smallest absolute Gasteiger partial charge is 0.277 e. The lowest BCUT2D eigenvalue weighted by Gasteiger charge is -2.08. The first-order valence-corrected chi connectivity index (χ1v) is 9.09. The lowest BCUT2D eigenvalue weighted by Crippen LogP contribution is -2.25. The molecule has 0 spiro atoms. The van der Waals surface area contributed by atoms with Crippen LogP contribution in [0, 0.1) is 0 Å². The Bertz CT molecular complexity index is 753. The predicted molar refractivity (Wildman–Crippen MR) is 109 cm³/mol. The molecule has 0 saturated heterocycles. The van der Waals surface area contributed by atoms with Gasteiger partial charge in [-0.2, -0.15) is 5.10 Å². The number of benzene rings is 2. The van der Waals surface area contributed by atoms with Crippen LogP contribution in [-0.4, -0.2) is 24.8 Å². The van der Waals surface area contributed by atoms with Crippen LogP contribution in [0.4, 0.5) is 0 Å². The molecular formula is C22H26N2O3. The van der Waals surface area contributed by atoms with Crippen molar-refractivity contribution < 1.29 is 14.3 Å². The molecule has 0 aliphatic heterocycles. The molecule has 27 heavy (non-hydrogen) atoms.